The van der Waals surface area contributed by atoms with Gasteiger partial charge in [0, 0.05) is 17.6 Å². The first-order valence-electron chi connectivity index (χ1n) is 8.42. The van der Waals surface area contributed by atoms with Crippen molar-refractivity contribution in [3.05, 3.63) is 70.2 Å². The van der Waals surface area contributed by atoms with Gasteiger partial charge in [-0.05, 0) is 60.6 Å². The van der Waals surface area contributed by atoms with E-state index in [2.05, 4.69) is 17.4 Å². The Bertz CT molecular complexity index is 682. The summed E-state index contributed by atoms with van der Waals surface area (Å²) in [4.78, 5) is 10.9. The highest BCUT2D eigenvalue weighted by Crippen LogP contribution is 2.29. The van der Waals surface area contributed by atoms with Gasteiger partial charge < -0.3 is 10.4 Å². The lowest BCUT2D eigenvalue weighted by atomic mass is 9.94. The molecule has 126 valence electrons. The number of hydrogen-bond acceptors (Lipinski definition) is 2. The summed E-state index contributed by atoms with van der Waals surface area (Å²) in [6.45, 7) is 0.779. The van der Waals surface area contributed by atoms with Crippen LogP contribution in [-0.4, -0.2) is 17.1 Å². The van der Waals surface area contributed by atoms with Crippen molar-refractivity contribution in [2.24, 2.45) is 5.92 Å². The van der Waals surface area contributed by atoms with Gasteiger partial charge in [-0.3, -0.25) is 0 Å². The van der Waals surface area contributed by atoms with E-state index in [4.69, 9.17) is 16.7 Å². The van der Waals surface area contributed by atoms with Crippen molar-refractivity contribution in [3.63, 3.8) is 0 Å². The summed E-state index contributed by atoms with van der Waals surface area (Å²) >= 11 is 5.96. The topological polar surface area (TPSA) is 49.3 Å². The molecule has 0 radical (unpaired) electrons. The van der Waals surface area contributed by atoms with Crippen LogP contribution in [0.2, 0.25) is 5.02 Å². The molecule has 2 N–H and O–H groups in total. The van der Waals surface area contributed by atoms with E-state index >= 15 is 0 Å². The van der Waals surface area contributed by atoms with Crippen LogP contribution in [0.15, 0.2) is 48.5 Å². The number of carbonyl (C=O) groups is 1. The highest BCUT2D eigenvalue weighted by atomic mass is 35.5. The third kappa shape index (κ3) is 4.37. The summed E-state index contributed by atoms with van der Waals surface area (Å²) in [7, 11) is 0. The van der Waals surface area contributed by atoms with Crippen molar-refractivity contribution < 1.29 is 9.90 Å². The number of hydrogen-bond donors (Lipinski definition) is 2. The van der Waals surface area contributed by atoms with E-state index in [-0.39, 0.29) is 0 Å². The summed E-state index contributed by atoms with van der Waals surface area (Å²) in [6, 6.07) is 15.8. The van der Waals surface area contributed by atoms with Crippen molar-refractivity contribution in [2.45, 2.75) is 38.3 Å². The van der Waals surface area contributed by atoms with Gasteiger partial charge in [-0.25, -0.2) is 4.79 Å². The molecule has 1 aliphatic rings. The molecule has 0 spiro atoms. The van der Waals surface area contributed by atoms with Crippen molar-refractivity contribution in [1.82, 2.24) is 5.32 Å². The lowest BCUT2D eigenvalue weighted by molar-refractivity contribution is 0.0697. The van der Waals surface area contributed by atoms with Crippen LogP contribution in [0, 0.1) is 5.92 Å². The maximum absolute atomic E-state index is 10.9. The zero-order valence-electron chi connectivity index (χ0n) is 13.5. The average molecular weight is 344 g/mol. The highest BCUT2D eigenvalue weighted by molar-refractivity contribution is 6.30. The largest absolute Gasteiger partial charge is 0.478 e. The molecular formula is C20H22ClNO2. The molecule has 3 rings (SSSR count). The van der Waals surface area contributed by atoms with Crippen molar-refractivity contribution in [1.29, 1.82) is 0 Å². The number of rotatable bonds is 6. The van der Waals surface area contributed by atoms with E-state index in [1.54, 1.807) is 12.1 Å². The Labute approximate surface area is 147 Å². The van der Waals surface area contributed by atoms with Crippen LogP contribution in [0.4, 0.5) is 0 Å². The van der Waals surface area contributed by atoms with Crippen LogP contribution in [0.3, 0.4) is 0 Å². The number of aromatic carboxylic acids is 1. The molecule has 2 aromatic carbocycles. The van der Waals surface area contributed by atoms with Crippen LogP contribution in [0.1, 0.15) is 40.7 Å². The number of carboxylic acid groups (broad SMARTS) is 1. The molecule has 1 fully saturated rings. The van der Waals surface area contributed by atoms with Gasteiger partial charge in [-0.2, -0.15) is 0 Å². The zero-order chi connectivity index (χ0) is 16.9. The summed E-state index contributed by atoms with van der Waals surface area (Å²) in [5.74, 6) is -0.238. The molecule has 4 heteroatoms. The predicted molar refractivity (Wildman–Crippen MR) is 96.5 cm³/mol. The van der Waals surface area contributed by atoms with Crippen LogP contribution < -0.4 is 5.32 Å². The fraction of sp³-hybridized carbons (Fsp3) is 0.350. The first-order valence-corrected chi connectivity index (χ1v) is 8.79. The summed E-state index contributed by atoms with van der Waals surface area (Å²) in [5, 5.41) is 13.4. The maximum Gasteiger partial charge on any atom is 0.335 e. The Balaban J connectivity index is 1.55. The third-order valence-corrected chi connectivity index (χ3v) is 5.09. The van der Waals surface area contributed by atoms with Crippen molar-refractivity contribution in [2.75, 3.05) is 0 Å². The molecule has 3 nitrogen and oxygen atoms in total. The van der Waals surface area contributed by atoms with Gasteiger partial charge in [-0.1, -0.05) is 42.3 Å². The minimum atomic E-state index is -0.881. The minimum absolute atomic E-state index is 0.334. The fourth-order valence-electron chi connectivity index (χ4n) is 3.49. The number of nitrogens with one attached hydrogen (secondary N) is 1. The number of halogens is 1. The minimum Gasteiger partial charge on any atom is -0.478 e. The molecule has 2 aromatic rings. The van der Waals surface area contributed by atoms with Gasteiger partial charge in [0.2, 0.25) is 0 Å². The van der Waals surface area contributed by atoms with E-state index in [0.29, 0.717) is 17.5 Å². The Morgan fingerprint density at radius 2 is 1.71 bits per heavy atom. The van der Waals surface area contributed by atoms with E-state index < -0.39 is 5.97 Å². The second-order valence-corrected chi connectivity index (χ2v) is 6.95. The fourth-order valence-corrected chi connectivity index (χ4v) is 3.61. The molecule has 2 atom stereocenters. The van der Waals surface area contributed by atoms with Gasteiger partial charge in [0.1, 0.15) is 0 Å². The molecule has 0 aliphatic heterocycles. The smallest absolute Gasteiger partial charge is 0.335 e. The van der Waals surface area contributed by atoms with E-state index in [1.807, 2.05) is 24.3 Å². The van der Waals surface area contributed by atoms with Gasteiger partial charge in [0.15, 0.2) is 0 Å². The second kappa shape index (κ2) is 7.82. The van der Waals surface area contributed by atoms with Gasteiger partial charge >= 0.3 is 5.97 Å². The highest BCUT2D eigenvalue weighted by Gasteiger charge is 2.26. The maximum atomic E-state index is 10.9. The second-order valence-electron chi connectivity index (χ2n) is 6.51. The van der Waals surface area contributed by atoms with E-state index in [0.717, 1.165) is 23.6 Å². The zero-order valence-corrected chi connectivity index (χ0v) is 14.3. The first kappa shape index (κ1) is 17.0. The lowest BCUT2D eigenvalue weighted by Crippen LogP contribution is -2.32. The molecule has 0 amide bonds. The molecule has 0 aromatic heterocycles. The van der Waals surface area contributed by atoms with Crippen molar-refractivity contribution >= 4 is 17.6 Å². The Kier molecular flexibility index (Phi) is 5.54. The lowest BCUT2D eigenvalue weighted by Gasteiger charge is -2.21. The van der Waals surface area contributed by atoms with Gasteiger partial charge in [0.25, 0.3) is 0 Å². The van der Waals surface area contributed by atoms with Crippen molar-refractivity contribution in [3.8, 4) is 0 Å². The molecule has 24 heavy (non-hydrogen) atoms. The molecule has 2 unspecified atom stereocenters. The van der Waals surface area contributed by atoms with Crippen LogP contribution in [0.25, 0.3) is 0 Å². The number of carboxylic acids is 1. The predicted octanol–water partition coefficient (Wildman–Crippen LogP) is 4.54. The molecular weight excluding hydrogens is 322 g/mol. The SMILES string of the molecule is O=C(O)c1ccc(CNC2CCCC2Cc2ccc(Cl)cc2)cc1. The Hall–Kier alpha value is -1.84. The number of benzene rings is 2. The van der Waals surface area contributed by atoms with E-state index in [1.165, 1.54) is 24.8 Å². The third-order valence-electron chi connectivity index (χ3n) is 4.84. The standard InChI is InChI=1S/C20H22ClNO2/c21-18-10-6-14(7-11-18)12-17-2-1-3-19(17)22-13-15-4-8-16(9-5-15)20(23)24/h4-11,17,19,22H,1-3,12-13H2,(H,23,24). The summed E-state index contributed by atoms with van der Waals surface area (Å²) < 4.78 is 0. The Morgan fingerprint density at radius 3 is 2.38 bits per heavy atom. The molecule has 1 saturated carbocycles. The Morgan fingerprint density at radius 1 is 1.04 bits per heavy atom. The quantitative estimate of drug-likeness (QED) is 0.809. The van der Waals surface area contributed by atoms with E-state index in [9.17, 15) is 4.79 Å². The molecule has 1 aliphatic carbocycles. The van der Waals surface area contributed by atoms with Crippen LogP contribution in [0.5, 0.6) is 0 Å². The average Bonchev–Trinajstić information content (AvgIpc) is 3.02. The summed E-state index contributed by atoms with van der Waals surface area (Å²) in [6.07, 6.45) is 4.78. The van der Waals surface area contributed by atoms with Crippen LogP contribution in [-0.2, 0) is 13.0 Å². The van der Waals surface area contributed by atoms with Crippen LogP contribution >= 0.6 is 11.6 Å². The summed E-state index contributed by atoms with van der Waals surface area (Å²) in [5.41, 5.74) is 2.79. The normalized spacial score (nSPS) is 20.2. The molecule has 0 bridgehead atoms. The molecule has 0 heterocycles. The van der Waals surface area contributed by atoms with Gasteiger partial charge in [0.05, 0.1) is 5.56 Å². The first-order chi connectivity index (χ1) is 11.6. The monoisotopic (exact) mass is 343 g/mol. The molecule has 0 saturated heterocycles. The van der Waals surface area contributed by atoms with Gasteiger partial charge in [-0.15, -0.1) is 0 Å².